The molecule has 2 heteroatoms. The summed E-state index contributed by atoms with van der Waals surface area (Å²) in [6, 6.07) is 8.49. The van der Waals surface area contributed by atoms with E-state index < -0.39 is 0 Å². The van der Waals surface area contributed by atoms with E-state index in [2.05, 4.69) is 55.0 Å². The van der Waals surface area contributed by atoms with Gasteiger partial charge in [-0.25, -0.2) is 0 Å². The van der Waals surface area contributed by atoms with Crippen LogP contribution in [-0.4, -0.2) is 9.97 Å². The molecular weight excluding hydrogens is 220 g/mol. The van der Waals surface area contributed by atoms with Gasteiger partial charge in [0.25, 0.3) is 0 Å². The van der Waals surface area contributed by atoms with Crippen LogP contribution in [0.2, 0.25) is 0 Å². The molecule has 2 rings (SSSR count). The van der Waals surface area contributed by atoms with E-state index in [1.54, 1.807) is 0 Å². The molecule has 18 heavy (non-hydrogen) atoms. The summed E-state index contributed by atoms with van der Waals surface area (Å²) >= 11 is 0. The van der Waals surface area contributed by atoms with Crippen LogP contribution in [0.15, 0.2) is 42.9 Å². The minimum Gasteiger partial charge on any atom is -0.265 e. The zero-order valence-corrected chi connectivity index (χ0v) is 11.3. The maximum Gasteiger partial charge on any atom is 0.0409 e. The van der Waals surface area contributed by atoms with Crippen LogP contribution in [0.25, 0.3) is 0 Å². The lowest BCUT2D eigenvalue weighted by atomic mass is 9.96. The van der Waals surface area contributed by atoms with Crippen molar-refractivity contribution in [2.75, 3.05) is 0 Å². The zero-order valence-electron chi connectivity index (χ0n) is 11.3. The molecule has 1 atom stereocenters. The lowest BCUT2D eigenvalue weighted by Gasteiger charge is -2.12. The topological polar surface area (TPSA) is 25.8 Å². The largest absolute Gasteiger partial charge is 0.265 e. The van der Waals surface area contributed by atoms with Gasteiger partial charge in [-0.15, -0.1) is 0 Å². The van der Waals surface area contributed by atoms with E-state index in [1.165, 1.54) is 11.1 Å². The van der Waals surface area contributed by atoms with Gasteiger partial charge in [0.2, 0.25) is 0 Å². The molecule has 2 aromatic heterocycles. The predicted octanol–water partition coefficient (Wildman–Crippen LogP) is 3.95. The Morgan fingerprint density at radius 1 is 0.944 bits per heavy atom. The summed E-state index contributed by atoms with van der Waals surface area (Å²) in [6.07, 6.45) is 6.67. The van der Waals surface area contributed by atoms with E-state index in [4.69, 9.17) is 0 Å². The van der Waals surface area contributed by atoms with Crippen LogP contribution in [0.4, 0.5) is 0 Å². The average Bonchev–Trinajstić information content (AvgIpc) is 2.40. The summed E-state index contributed by atoms with van der Waals surface area (Å²) in [6.45, 7) is 6.61. The van der Waals surface area contributed by atoms with Gasteiger partial charge in [-0.1, -0.05) is 26.8 Å². The molecule has 0 fully saturated rings. The lowest BCUT2D eigenvalue weighted by Crippen LogP contribution is -2.01. The van der Waals surface area contributed by atoms with Crippen LogP contribution < -0.4 is 0 Å². The minimum atomic E-state index is 0.477. The van der Waals surface area contributed by atoms with Crippen LogP contribution in [0.1, 0.15) is 49.4 Å². The van der Waals surface area contributed by atoms with Crippen molar-refractivity contribution in [1.29, 1.82) is 0 Å². The van der Waals surface area contributed by atoms with Crippen molar-refractivity contribution < 1.29 is 0 Å². The van der Waals surface area contributed by atoms with Crippen molar-refractivity contribution in [2.45, 2.75) is 39.0 Å². The predicted molar refractivity (Wildman–Crippen MR) is 74.7 cm³/mol. The molecule has 0 aliphatic rings. The molecule has 0 spiro atoms. The van der Waals surface area contributed by atoms with Crippen molar-refractivity contribution in [3.05, 3.63) is 59.7 Å². The Bertz CT molecular complexity index is 474. The van der Waals surface area contributed by atoms with Crippen molar-refractivity contribution in [3.8, 4) is 0 Å². The van der Waals surface area contributed by atoms with Gasteiger partial charge >= 0.3 is 0 Å². The smallest absolute Gasteiger partial charge is 0.0409 e. The first-order chi connectivity index (χ1) is 8.66. The van der Waals surface area contributed by atoms with Crippen molar-refractivity contribution in [1.82, 2.24) is 9.97 Å². The molecule has 2 heterocycles. The molecule has 0 aliphatic heterocycles. The lowest BCUT2D eigenvalue weighted by molar-refractivity contribution is 0.735. The Balaban J connectivity index is 2.05. The highest BCUT2D eigenvalue weighted by atomic mass is 14.7. The molecule has 0 bridgehead atoms. The Labute approximate surface area is 109 Å². The van der Waals surface area contributed by atoms with Gasteiger partial charge in [-0.3, -0.25) is 9.97 Å². The number of hydrogen-bond acceptors (Lipinski definition) is 2. The molecule has 2 aromatic rings. The van der Waals surface area contributed by atoms with Crippen molar-refractivity contribution in [3.63, 3.8) is 0 Å². The molecule has 0 amide bonds. The van der Waals surface area contributed by atoms with E-state index in [0.29, 0.717) is 11.8 Å². The van der Waals surface area contributed by atoms with Crippen LogP contribution in [0, 0.1) is 0 Å². The number of pyridine rings is 2. The first-order valence-corrected chi connectivity index (χ1v) is 6.51. The standard InChI is InChI=1S/C16H20N2/c1-12(2)15-4-5-16(18-11-15)10-13(3)14-6-8-17-9-7-14/h4-9,11-13H,10H2,1-3H3. The molecular formula is C16H20N2. The van der Waals surface area contributed by atoms with Crippen LogP contribution in [0.5, 0.6) is 0 Å². The third kappa shape index (κ3) is 3.16. The molecule has 94 valence electrons. The van der Waals surface area contributed by atoms with E-state index in [1.807, 2.05) is 18.6 Å². The normalized spacial score (nSPS) is 12.7. The summed E-state index contributed by atoms with van der Waals surface area (Å²) in [7, 11) is 0. The fourth-order valence-corrected chi connectivity index (χ4v) is 2.02. The summed E-state index contributed by atoms with van der Waals surface area (Å²) < 4.78 is 0. The highest BCUT2D eigenvalue weighted by Gasteiger charge is 2.07. The van der Waals surface area contributed by atoms with Gasteiger partial charge in [0.1, 0.15) is 0 Å². The highest BCUT2D eigenvalue weighted by molar-refractivity contribution is 5.21. The summed E-state index contributed by atoms with van der Waals surface area (Å²) in [4.78, 5) is 8.60. The molecule has 1 unspecified atom stereocenters. The first-order valence-electron chi connectivity index (χ1n) is 6.51. The quantitative estimate of drug-likeness (QED) is 0.808. The van der Waals surface area contributed by atoms with Gasteiger partial charge < -0.3 is 0 Å². The molecule has 0 saturated heterocycles. The second kappa shape index (κ2) is 5.76. The van der Waals surface area contributed by atoms with E-state index in [0.717, 1.165) is 12.1 Å². The monoisotopic (exact) mass is 240 g/mol. The minimum absolute atomic E-state index is 0.477. The Morgan fingerprint density at radius 2 is 1.67 bits per heavy atom. The van der Waals surface area contributed by atoms with Gasteiger partial charge in [0.05, 0.1) is 0 Å². The number of hydrogen-bond donors (Lipinski definition) is 0. The third-order valence-electron chi connectivity index (χ3n) is 3.30. The Morgan fingerprint density at radius 3 is 2.22 bits per heavy atom. The molecule has 0 radical (unpaired) electrons. The second-order valence-corrected chi connectivity index (χ2v) is 5.12. The number of aromatic nitrogens is 2. The van der Waals surface area contributed by atoms with Gasteiger partial charge in [-0.2, -0.15) is 0 Å². The summed E-state index contributed by atoms with van der Waals surface area (Å²) in [5, 5.41) is 0. The van der Waals surface area contributed by atoms with Crippen molar-refractivity contribution in [2.24, 2.45) is 0 Å². The zero-order chi connectivity index (χ0) is 13.0. The van der Waals surface area contributed by atoms with E-state index >= 15 is 0 Å². The van der Waals surface area contributed by atoms with Gasteiger partial charge in [-0.05, 0) is 47.6 Å². The number of nitrogens with zero attached hydrogens (tertiary/aromatic N) is 2. The summed E-state index contributed by atoms with van der Waals surface area (Å²) in [5.41, 5.74) is 3.78. The van der Waals surface area contributed by atoms with Crippen LogP contribution >= 0.6 is 0 Å². The molecule has 0 N–H and O–H groups in total. The fourth-order valence-electron chi connectivity index (χ4n) is 2.02. The third-order valence-corrected chi connectivity index (χ3v) is 3.30. The summed E-state index contributed by atoms with van der Waals surface area (Å²) in [5.74, 6) is 1.02. The van der Waals surface area contributed by atoms with E-state index in [9.17, 15) is 0 Å². The molecule has 0 aromatic carbocycles. The Hall–Kier alpha value is -1.70. The number of rotatable bonds is 4. The van der Waals surface area contributed by atoms with Crippen LogP contribution in [0.3, 0.4) is 0 Å². The highest BCUT2D eigenvalue weighted by Crippen LogP contribution is 2.20. The van der Waals surface area contributed by atoms with E-state index in [-0.39, 0.29) is 0 Å². The molecule has 2 nitrogen and oxygen atoms in total. The molecule has 0 aliphatic carbocycles. The second-order valence-electron chi connectivity index (χ2n) is 5.12. The van der Waals surface area contributed by atoms with Crippen molar-refractivity contribution >= 4 is 0 Å². The SMILES string of the molecule is CC(C)c1ccc(CC(C)c2ccncc2)nc1. The maximum atomic E-state index is 4.55. The maximum absolute atomic E-state index is 4.55. The Kier molecular flexibility index (Phi) is 4.08. The average molecular weight is 240 g/mol. The van der Waals surface area contributed by atoms with Crippen LogP contribution in [-0.2, 0) is 6.42 Å². The van der Waals surface area contributed by atoms with Gasteiger partial charge in [0.15, 0.2) is 0 Å². The fraction of sp³-hybridized carbons (Fsp3) is 0.375. The molecule has 0 saturated carbocycles. The van der Waals surface area contributed by atoms with Gasteiger partial charge in [0, 0.05) is 24.3 Å². The first kappa shape index (κ1) is 12.7.